The first kappa shape index (κ1) is 18.6. The third kappa shape index (κ3) is 2.71. The minimum absolute atomic E-state index is 0.0666. The van der Waals surface area contributed by atoms with Crippen LogP contribution in [-0.2, 0) is 28.8 Å². The molecular weight excluding hydrogens is 340 g/mol. The smallest absolute Gasteiger partial charge is 0.308 e. The minimum Gasteiger partial charge on any atom is -0.481 e. The van der Waals surface area contributed by atoms with Crippen molar-refractivity contribution in [1.29, 1.82) is 0 Å². The summed E-state index contributed by atoms with van der Waals surface area (Å²) in [5.74, 6) is -1.17. The monoisotopic (exact) mass is 370 g/mol. The lowest BCUT2D eigenvalue weighted by atomic mass is 9.58. The number of aliphatic carboxylic acids is 1. The zero-order valence-electron chi connectivity index (χ0n) is 16.0. The van der Waals surface area contributed by atoms with Gasteiger partial charge < -0.3 is 19.3 Å². The number of hydrogen-bond acceptors (Lipinski definition) is 6. The van der Waals surface area contributed by atoms with E-state index in [9.17, 15) is 4.79 Å². The van der Waals surface area contributed by atoms with Crippen LogP contribution in [0.4, 0.5) is 0 Å². The molecule has 2 bridgehead atoms. The molecule has 0 amide bonds. The van der Waals surface area contributed by atoms with Crippen LogP contribution < -0.4 is 0 Å². The summed E-state index contributed by atoms with van der Waals surface area (Å²) in [7, 11) is 0. The van der Waals surface area contributed by atoms with Crippen molar-refractivity contribution in [2.45, 2.75) is 77.3 Å². The number of hydrogen-bond donors (Lipinski definition) is 1. The van der Waals surface area contributed by atoms with Crippen molar-refractivity contribution in [2.75, 3.05) is 6.61 Å². The van der Waals surface area contributed by atoms with Gasteiger partial charge in [-0.3, -0.25) is 4.79 Å². The second-order valence-corrected chi connectivity index (χ2v) is 8.85. The summed E-state index contributed by atoms with van der Waals surface area (Å²) in [6.07, 6.45) is 2.83. The van der Waals surface area contributed by atoms with Crippen LogP contribution in [0.25, 0.3) is 0 Å². The molecule has 7 heteroatoms. The van der Waals surface area contributed by atoms with Gasteiger partial charge in [-0.2, -0.15) is 0 Å². The molecule has 1 aliphatic carbocycles. The van der Waals surface area contributed by atoms with Crippen molar-refractivity contribution in [3.8, 4) is 0 Å². The van der Waals surface area contributed by atoms with Gasteiger partial charge in [0.05, 0.1) is 12.5 Å². The molecule has 5 fully saturated rings. The topological polar surface area (TPSA) is 83.5 Å². The molecule has 4 saturated heterocycles. The van der Waals surface area contributed by atoms with E-state index >= 15 is 0 Å². The number of rotatable bonds is 4. The first-order chi connectivity index (χ1) is 12.3. The highest BCUT2D eigenvalue weighted by atomic mass is 17.3. The maximum atomic E-state index is 11.1. The number of fused-ring (bicyclic) bond motifs is 2. The van der Waals surface area contributed by atoms with Gasteiger partial charge in [-0.1, -0.05) is 13.8 Å². The van der Waals surface area contributed by atoms with Gasteiger partial charge in [-0.05, 0) is 44.9 Å². The molecule has 7 nitrogen and oxygen atoms in total. The van der Waals surface area contributed by atoms with Crippen molar-refractivity contribution < 1.29 is 33.9 Å². The standard InChI is InChI=1S/C19H30O7/c1-10-5-6-14-12(3)16(22-9-11(2)15(20)21)23-17-19(14)13(10)7-8-18(4,24-17)25-26-19/h10-14,16-17H,5-9H2,1-4H3,(H,20,21)/t10-,11+,12-,13+,14+,16+,17-,18-,19-/m1/s1. The molecule has 0 aromatic heterocycles. The fourth-order valence-electron chi connectivity index (χ4n) is 5.37. The molecule has 1 spiro atoms. The molecule has 4 aliphatic heterocycles. The molecular formula is C19H30O7. The summed E-state index contributed by atoms with van der Waals surface area (Å²) in [6, 6.07) is 0. The van der Waals surface area contributed by atoms with Crippen molar-refractivity contribution in [2.24, 2.45) is 29.6 Å². The lowest BCUT2D eigenvalue weighted by Crippen LogP contribution is -2.70. The van der Waals surface area contributed by atoms with Crippen LogP contribution in [0.1, 0.15) is 53.4 Å². The Kier molecular flexibility index (Phi) is 4.59. The van der Waals surface area contributed by atoms with Crippen molar-refractivity contribution in [1.82, 2.24) is 0 Å². The SMILES string of the molecule is C[C@H]1[C@@H](OC[C@H](C)C(=O)O)O[C@@H]2O[C@@]3(C)CC[C@H]4[C@H](C)CC[C@@H]1[C@@]24OO3. The van der Waals surface area contributed by atoms with Crippen LogP contribution in [-0.4, -0.2) is 41.7 Å². The first-order valence-electron chi connectivity index (χ1n) is 9.81. The lowest BCUT2D eigenvalue weighted by molar-refractivity contribution is -0.577. The first-order valence-corrected chi connectivity index (χ1v) is 9.81. The fraction of sp³-hybridized carbons (Fsp3) is 0.947. The molecule has 0 unspecified atom stereocenters. The van der Waals surface area contributed by atoms with E-state index in [4.69, 9.17) is 29.1 Å². The Morgan fingerprint density at radius 2 is 2.00 bits per heavy atom. The quantitative estimate of drug-likeness (QED) is 0.762. The second kappa shape index (κ2) is 6.41. The molecule has 26 heavy (non-hydrogen) atoms. The van der Waals surface area contributed by atoms with E-state index in [1.54, 1.807) is 6.92 Å². The van der Waals surface area contributed by atoms with Crippen LogP contribution >= 0.6 is 0 Å². The molecule has 1 N–H and O–H groups in total. The number of carboxylic acids is 1. The van der Waals surface area contributed by atoms with Crippen LogP contribution in [0.5, 0.6) is 0 Å². The molecule has 1 saturated carbocycles. The largest absolute Gasteiger partial charge is 0.481 e. The summed E-state index contributed by atoms with van der Waals surface area (Å²) in [6.45, 7) is 8.02. The van der Waals surface area contributed by atoms with Crippen molar-refractivity contribution in [3.63, 3.8) is 0 Å². The summed E-state index contributed by atoms with van der Waals surface area (Å²) in [5, 5.41) is 9.11. The van der Waals surface area contributed by atoms with Crippen molar-refractivity contribution in [3.05, 3.63) is 0 Å². The predicted octanol–water partition coefficient (Wildman–Crippen LogP) is 2.93. The van der Waals surface area contributed by atoms with E-state index < -0.39 is 35.9 Å². The normalized spacial score (nSPS) is 51.4. The van der Waals surface area contributed by atoms with Gasteiger partial charge in [-0.15, -0.1) is 0 Å². The molecule has 0 aromatic rings. The van der Waals surface area contributed by atoms with Crippen LogP contribution in [0.15, 0.2) is 0 Å². The maximum absolute atomic E-state index is 11.1. The Balaban J connectivity index is 1.61. The number of ether oxygens (including phenoxy) is 3. The van der Waals surface area contributed by atoms with Crippen LogP contribution in [0, 0.1) is 29.6 Å². The van der Waals surface area contributed by atoms with E-state index in [1.807, 2.05) is 6.92 Å². The van der Waals surface area contributed by atoms with Crippen LogP contribution in [0.2, 0.25) is 0 Å². The Hall–Kier alpha value is -0.730. The molecule has 9 atom stereocenters. The van der Waals surface area contributed by atoms with E-state index in [0.717, 1.165) is 25.7 Å². The lowest BCUT2D eigenvalue weighted by Gasteiger charge is -2.60. The van der Waals surface area contributed by atoms with Crippen LogP contribution in [0.3, 0.4) is 0 Å². The molecule has 0 radical (unpaired) electrons. The molecule has 5 aliphatic rings. The second-order valence-electron chi connectivity index (χ2n) is 8.85. The van der Waals surface area contributed by atoms with E-state index in [0.29, 0.717) is 11.8 Å². The average Bonchev–Trinajstić information content (AvgIpc) is 2.82. The van der Waals surface area contributed by atoms with Gasteiger partial charge in [0.2, 0.25) is 5.79 Å². The fourth-order valence-corrected chi connectivity index (χ4v) is 5.37. The molecule has 5 rings (SSSR count). The zero-order chi connectivity index (χ0) is 18.7. The Labute approximate surface area is 154 Å². The van der Waals surface area contributed by atoms with Gasteiger partial charge in [0.25, 0.3) is 0 Å². The van der Waals surface area contributed by atoms with Gasteiger partial charge in [0.15, 0.2) is 18.2 Å². The predicted molar refractivity (Wildman–Crippen MR) is 89.6 cm³/mol. The highest BCUT2D eigenvalue weighted by molar-refractivity contribution is 5.69. The molecule has 0 aromatic carbocycles. The average molecular weight is 370 g/mol. The van der Waals surface area contributed by atoms with E-state index in [1.165, 1.54) is 0 Å². The molecule has 4 heterocycles. The Morgan fingerprint density at radius 3 is 2.73 bits per heavy atom. The highest BCUT2D eigenvalue weighted by Gasteiger charge is 2.69. The van der Waals surface area contributed by atoms with Gasteiger partial charge in [-0.25, -0.2) is 9.78 Å². The molecule has 148 valence electrons. The summed E-state index contributed by atoms with van der Waals surface area (Å²) in [5.41, 5.74) is -0.606. The maximum Gasteiger partial charge on any atom is 0.308 e. The zero-order valence-corrected chi connectivity index (χ0v) is 16.0. The highest BCUT2D eigenvalue weighted by Crippen LogP contribution is 2.60. The minimum atomic E-state index is -0.870. The van der Waals surface area contributed by atoms with Gasteiger partial charge >= 0.3 is 5.97 Å². The van der Waals surface area contributed by atoms with Crippen molar-refractivity contribution >= 4 is 5.97 Å². The Morgan fingerprint density at radius 1 is 1.23 bits per heavy atom. The van der Waals surface area contributed by atoms with E-state index in [2.05, 4.69) is 13.8 Å². The number of carboxylic acid groups (broad SMARTS) is 1. The number of carbonyl (C=O) groups is 1. The third-order valence-electron chi connectivity index (χ3n) is 7.03. The van der Waals surface area contributed by atoms with E-state index in [-0.39, 0.29) is 18.4 Å². The third-order valence-corrected chi connectivity index (χ3v) is 7.03. The Bertz CT molecular complexity index is 568. The summed E-state index contributed by atoms with van der Waals surface area (Å²) in [4.78, 5) is 22.9. The summed E-state index contributed by atoms with van der Waals surface area (Å²) >= 11 is 0. The summed E-state index contributed by atoms with van der Waals surface area (Å²) < 4.78 is 18.4. The van der Waals surface area contributed by atoms with Gasteiger partial charge in [0.1, 0.15) is 0 Å². The van der Waals surface area contributed by atoms with Gasteiger partial charge in [0, 0.05) is 18.3 Å².